The Kier molecular flexibility index (Phi) is 3.36. The molecule has 21 heavy (non-hydrogen) atoms. The van der Waals surface area contributed by atoms with Crippen molar-refractivity contribution in [1.82, 2.24) is 0 Å². The first-order chi connectivity index (χ1) is 10.2. The van der Waals surface area contributed by atoms with Crippen LogP contribution in [0.2, 0.25) is 0 Å². The highest BCUT2D eigenvalue weighted by atomic mass is 16.5. The molecule has 0 radical (unpaired) electrons. The van der Waals surface area contributed by atoms with E-state index in [1.54, 1.807) is 25.3 Å². The van der Waals surface area contributed by atoms with Crippen molar-refractivity contribution in [2.24, 2.45) is 0 Å². The molecule has 3 rings (SSSR count). The van der Waals surface area contributed by atoms with Crippen molar-refractivity contribution in [3.63, 3.8) is 0 Å². The van der Waals surface area contributed by atoms with E-state index in [0.717, 1.165) is 10.9 Å². The van der Waals surface area contributed by atoms with Gasteiger partial charge in [-0.15, -0.1) is 0 Å². The predicted octanol–water partition coefficient (Wildman–Crippen LogP) is 4.00. The van der Waals surface area contributed by atoms with Gasteiger partial charge in [0.2, 0.25) is 0 Å². The molecule has 1 N–H and O–H groups in total. The number of amides is 1. The van der Waals surface area contributed by atoms with Crippen LogP contribution in [-0.2, 0) is 0 Å². The average molecular weight is 281 g/mol. The molecule has 4 heteroatoms. The zero-order valence-corrected chi connectivity index (χ0v) is 11.8. The van der Waals surface area contributed by atoms with Crippen LogP contribution < -0.4 is 10.1 Å². The lowest BCUT2D eigenvalue weighted by Crippen LogP contribution is -2.10. The van der Waals surface area contributed by atoms with Gasteiger partial charge >= 0.3 is 0 Å². The number of benzene rings is 2. The molecule has 0 bridgehead atoms. The first-order valence-corrected chi connectivity index (χ1v) is 6.61. The molecule has 0 saturated carbocycles. The fraction of sp³-hybridized carbons (Fsp3) is 0.118. The number of carbonyl (C=O) groups excluding carboxylic acids is 1. The largest absolute Gasteiger partial charge is 0.497 e. The van der Waals surface area contributed by atoms with E-state index in [1.165, 1.54) is 0 Å². The van der Waals surface area contributed by atoms with Crippen LogP contribution in [-0.4, -0.2) is 13.0 Å². The van der Waals surface area contributed by atoms with E-state index in [2.05, 4.69) is 5.32 Å². The lowest BCUT2D eigenvalue weighted by molar-refractivity contribution is 0.0998. The monoisotopic (exact) mass is 281 g/mol. The second-order valence-electron chi connectivity index (χ2n) is 4.84. The SMILES string of the molecule is COc1cccc(NC(=O)c2cc3ccc(C)cc3o2)c1. The average Bonchev–Trinajstić information content (AvgIpc) is 2.90. The highest BCUT2D eigenvalue weighted by Crippen LogP contribution is 2.22. The van der Waals surface area contributed by atoms with Crippen molar-refractivity contribution in [3.8, 4) is 5.75 Å². The summed E-state index contributed by atoms with van der Waals surface area (Å²) in [7, 11) is 1.59. The molecule has 3 aromatic rings. The second kappa shape index (κ2) is 5.32. The summed E-state index contributed by atoms with van der Waals surface area (Å²) in [5.74, 6) is 0.698. The Hall–Kier alpha value is -2.75. The zero-order valence-electron chi connectivity index (χ0n) is 11.8. The summed E-state index contributed by atoms with van der Waals surface area (Å²) >= 11 is 0. The number of furan rings is 1. The van der Waals surface area contributed by atoms with Gasteiger partial charge < -0.3 is 14.5 Å². The van der Waals surface area contributed by atoms with E-state index < -0.39 is 0 Å². The van der Waals surface area contributed by atoms with Crippen LogP contribution in [0, 0.1) is 6.92 Å². The number of hydrogen-bond donors (Lipinski definition) is 1. The zero-order chi connectivity index (χ0) is 14.8. The quantitative estimate of drug-likeness (QED) is 0.789. The van der Waals surface area contributed by atoms with E-state index in [-0.39, 0.29) is 5.91 Å². The topological polar surface area (TPSA) is 51.5 Å². The summed E-state index contributed by atoms with van der Waals surface area (Å²) < 4.78 is 10.7. The van der Waals surface area contributed by atoms with E-state index in [4.69, 9.17) is 9.15 Å². The maximum absolute atomic E-state index is 12.2. The maximum Gasteiger partial charge on any atom is 0.291 e. The lowest BCUT2D eigenvalue weighted by atomic mass is 10.2. The molecule has 106 valence electrons. The minimum Gasteiger partial charge on any atom is -0.497 e. The Bertz CT molecular complexity index is 805. The molecule has 0 spiro atoms. The second-order valence-corrected chi connectivity index (χ2v) is 4.84. The van der Waals surface area contributed by atoms with Crippen molar-refractivity contribution in [2.75, 3.05) is 12.4 Å². The number of aryl methyl sites for hydroxylation is 1. The highest BCUT2D eigenvalue weighted by molar-refractivity contribution is 6.04. The number of rotatable bonds is 3. The van der Waals surface area contributed by atoms with E-state index >= 15 is 0 Å². The van der Waals surface area contributed by atoms with Gasteiger partial charge in [-0.2, -0.15) is 0 Å². The van der Waals surface area contributed by atoms with E-state index in [1.807, 2.05) is 37.3 Å². The number of methoxy groups -OCH3 is 1. The minimum atomic E-state index is -0.280. The smallest absolute Gasteiger partial charge is 0.291 e. The number of ether oxygens (including phenoxy) is 1. The van der Waals surface area contributed by atoms with Gasteiger partial charge in [-0.05, 0) is 36.8 Å². The van der Waals surface area contributed by atoms with Crippen LogP contribution in [0.25, 0.3) is 11.0 Å². The van der Waals surface area contributed by atoms with Gasteiger partial charge in [0.25, 0.3) is 5.91 Å². The molecular formula is C17H15NO3. The number of carbonyl (C=O) groups is 1. The van der Waals surface area contributed by atoms with Gasteiger partial charge in [-0.25, -0.2) is 0 Å². The number of hydrogen-bond acceptors (Lipinski definition) is 3. The third kappa shape index (κ3) is 2.74. The first kappa shape index (κ1) is 13.2. The molecule has 4 nitrogen and oxygen atoms in total. The molecule has 2 aromatic carbocycles. The summed E-state index contributed by atoms with van der Waals surface area (Å²) in [4.78, 5) is 12.2. The molecule has 0 atom stereocenters. The molecule has 0 aliphatic rings. The molecule has 0 unspecified atom stereocenters. The molecular weight excluding hydrogens is 266 g/mol. The lowest BCUT2D eigenvalue weighted by Gasteiger charge is -2.05. The van der Waals surface area contributed by atoms with Crippen molar-refractivity contribution in [2.45, 2.75) is 6.92 Å². The Labute approximate surface area is 122 Å². The van der Waals surface area contributed by atoms with Gasteiger partial charge in [-0.1, -0.05) is 18.2 Å². The Morgan fingerprint density at radius 1 is 1.14 bits per heavy atom. The molecule has 1 heterocycles. The Morgan fingerprint density at radius 3 is 2.81 bits per heavy atom. The van der Waals surface area contributed by atoms with E-state index in [9.17, 15) is 4.79 Å². The normalized spacial score (nSPS) is 10.6. The number of anilines is 1. The third-order valence-corrected chi connectivity index (χ3v) is 3.23. The summed E-state index contributed by atoms with van der Waals surface area (Å²) in [6.45, 7) is 1.98. The minimum absolute atomic E-state index is 0.280. The predicted molar refractivity (Wildman–Crippen MR) is 81.9 cm³/mol. The van der Waals surface area contributed by atoms with Crippen LogP contribution >= 0.6 is 0 Å². The fourth-order valence-electron chi connectivity index (χ4n) is 2.14. The summed E-state index contributed by atoms with van der Waals surface area (Å²) in [5, 5.41) is 3.71. The van der Waals surface area contributed by atoms with Crippen molar-refractivity contribution < 1.29 is 13.9 Å². The Morgan fingerprint density at radius 2 is 2.00 bits per heavy atom. The van der Waals surface area contributed by atoms with Gasteiger partial charge in [0.05, 0.1) is 7.11 Å². The molecule has 0 aliphatic heterocycles. The fourth-order valence-corrected chi connectivity index (χ4v) is 2.14. The number of fused-ring (bicyclic) bond motifs is 1. The molecule has 1 aromatic heterocycles. The maximum atomic E-state index is 12.2. The third-order valence-electron chi connectivity index (χ3n) is 3.23. The van der Waals surface area contributed by atoms with E-state index in [0.29, 0.717) is 22.8 Å². The number of nitrogens with one attached hydrogen (secondary N) is 1. The van der Waals surface area contributed by atoms with Gasteiger partial charge in [-0.3, -0.25) is 4.79 Å². The van der Waals surface area contributed by atoms with Crippen LogP contribution in [0.15, 0.2) is 52.9 Å². The summed E-state index contributed by atoms with van der Waals surface area (Å²) in [5.41, 5.74) is 2.47. The molecule has 1 amide bonds. The van der Waals surface area contributed by atoms with Crippen LogP contribution in [0.1, 0.15) is 16.1 Å². The van der Waals surface area contributed by atoms with Crippen LogP contribution in [0.3, 0.4) is 0 Å². The standard InChI is InChI=1S/C17H15NO3/c1-11-6-7-12-9-16(21-15(12)8-11)17(19)18-13-4-3-5-14(10-13)20-2/h3-10H,1-2H3,(H,18,19). The summed E-state index contributed by atoms with van der Waals surface area (Å²) in [6.07, 6.45) is 0. The van der Waals surface area contributed by atoms with Crippen molar-refractivity contribution in [1.29, 1.82) is 0 Å². The van der Waals surface area contributed by atoms with Crippen molar-refractivity contribution >= 4 is 22.6 Å². The van der Waals surface area contributed by atoms with Crippen molar-refractivity contribution in [3.05, 3.63) is 59.9 Å². The first-order valence-electron chi connectivity index (χ1n) is 6.61. The van der Waals surface area contributed by atoms with Gasteiger partial charge in [0.1, 0.15) is 11.3 Å². The Balaban J connectivity index is 1.86. The van der Waals surface area contributed by atoms with Gasteiger partial charge in [0.15, 0.2) is 5.76 Å². The van der Waals surface area contributed by atoms with Gasteiger partial charge in [0, 0.05) is 17.1 Å². The molecule has 0 fully saturated rings. The summed E-state index contributed by atoms with van der Waals surface area (Å²) in [6, 6.07) is 14.8. The highest BCUT2D eigenvalue weighted by Gasteiger charge is 2.12. The molecule has 0 aliphatic carbocycles. The van der Waals surface area contributed by atoms with Crippen LogP contribution in [0.5, 0.6) is 5.75 Å². The van der Waals surface area contributed by atoms with Crippen LogP contribution in [0.4, 0.5) is 5.69 Å². The molecule has 0 saturated heterocycles.